The van der Waals surface area contributed by atoms with Crippen LogP contribution in [0.15, 0.2) is 42.5 Å². The third kappa shape index (κ3) is 1.92. The summed E-state index contributed by atoms with van der Waals surface area (Å²) >= 11 is 1.87. The van der Waals surface area contributed by atoms with Gasteiger partial charge in [0.25, 0.3) is 5.91 Å². The number of fused-ring (bicyclic) bond motifs is 2. The molecule has 5 nitrogen and oxygen atoms in total. The van der Waals surface area contributed by atoms with Crippen molar-refractivity contribution in [3.8, 4) is 11.5 Å². The Hall–Kier alpha value is -2.34. The van der Waals surface area contributed by atoms with Crippen LogP contribution < -0.4 is 19.7 Å². The number of thioether (sulfide) groups is 1. The molecule has 2 aromatic carbocycles. The Bertz CT molecular complexity index is 833. The van der Waals surface area contributed by atoms with Crippen molar-refractivity contribution in [3.05, 3.63) is 48.0 Å². The van der Waals surface area contributed by atoms with Crippen LogP contribution in [0.2, 0.25) is 0 Å². The lowest BCUT2D eigenvalue weighted by Gasteiger charge is -2.46. The second kappa shape index (κ2) is 5.08. The van der Waals surface area contributed by atoms with Gasteiger partial charge in [0.05, 0.1) is 11.3 Å². The number of hydrogen-bond acceptors (Lipinski definition) is 5. The minimum Gasteiger partial charge on any atom is -0.454 e. The SMILES string of the molecule is O=C1c2ccccc2N[C@]2(CCSC2)N1c1ccc2c(c1)OCO2. The molecule has 3 aliphatic rings. The fourth-order valence-corrected chi connectivity index (χ4v) is 4.93. The van der Waals surface area contributed by atoms with Crippen molar-refractivity contribution in [3.63, 3.8) is 0 Å². The first kappa shape index (κ1) is 14.0. The van der Waals surface area contributed by atoms with Crippen molar-refractivity contribution in [2.24, 2.45) is 0 Å². The van der Waals surface area contributed by atoms with Gasteiger partial charge in [-0.25, -0.2) is 0 Å². The summed E-state index contributed by atoms with van der Waals surface area (Å²) in [7, 11) is 0. The van der Waals surface area contributed by atoms with Crippen LogP contribution in [0.4, 0.5) is 11.4 Å². The molecule has 3 heterocycles. The van der Waals surface area contributed by atoms with E-state index in [1.54, 1.807) is 0 Å². The minimum absolute atomic E-state index is 0.0331. The maximum atomic E-state index is 13.3. The molecule has 2 aromatic rings. The second-order valence-corrected chi connectivity index (χ2v) is 7.29. The summed E-state index contributed by atoms with van der Waals surface area (Å²) in [5.41, 5.74) is 2.08. The summed E-state index contributed by atoms with van der Waals surface area (Å²) < 4.78 is 10.9. The lowest BCUT2D eigenvalue weighted by atomic mass is 9.97. The van der Waals surface area contributed by atoms with E-state index in [-0.39, 0.29) is 18.4 Å². The van der Waals surface area contributed by atoms with Crippen LogP contribution in [0.1, 0.15) is 16.8 Å². The summed E-state index contributed by atoms with van der Waals surface area (Å²) in [4.78, 5) is 15.2. The van der Waals surface area contributed by atoms with Crippen molar-refractivity contribution in [2.45, 2.75) is 12.1 Å². The molecule has 1 spiro atoms. The fourth-order valence-electron chi connectivity index (χ4n) is 3.62. The maximum absolute atomic E-state index is 13.3. The van der Waals surface area contributed by atoms with Gasteiger partial charge >= 0.3 is 0 Å². The zero-order chi connectivity index (χ0) is 16.1. The number of nitrogens with zero attached hydrogens (tertiary/aromatic N) is 1. The third-order valence-electron chi connectivity index (χ3n) is 4.77. The molecule has 0 aliphatic carbocycles. The van der Waals surface area contributed by atoms with Gasteiger partial charge in [-0.15, -0.1) is 0 Å². The third-order valence-corrected chi connectivity index (χ3v) is 5.95. The van der Waals surface area contributed by atoms with Crippen LogP contribution in [-0.4, -0.2) is 29.9 Å². The van der Waals surface area contributed by atoms with Crippen molar-refractivity contribution in [1.82, 2.24) is 0 Å². The lowest BCUT2D eigenvalue weighted by molar-refractivity contribution is 0.0959. The molecule has 6 heteroatoms. The molecule has 3 aliphatic heterocycles. The Morgan fingerprint density at radius 3 is 2.88 bits per heavy atom. The van der Waals surface area contributed by atoms with Gasteiger partial charge in [-0.1, -0.05) is 12.1 Å². The molecule has 1 fully saturated rings. The second-order valence-electron chi connectivity index (χ2n) is 6.18. The quantitative estimate of drug-likeness (QED) is 0.863. The van der Waals surface area contributed by atoms with E-state index in [1.165, 1.54) is 0 Å². The smallest absolute Gasteiger partial charge is 0.262 e. The summed E-state index contributed by atoms with van der Waals surface area (Å²) in [6.45, 7) is 0.231. The predicted molar refractivity (Wildman–Crippen MR) is 94.1 cm³/mol. The van der Waals surface area contributed by atoms with E-state index < -0.39 is 0 Å². The lowest BCUT2D eigenvalue weighted by Crippen LogP contribution is -2.60. The number of carbonyl (C=O) groups is 1. The maximum Gasteiger partial charge on any atom is 0.262 e. The summed E-state index contributed by atoms with van der Waals surface area (Å²) in [5, 5.41) is 3.63. The molecule has 1 saturated heterocycles. The highest BCUT2D eigenvalue weighted by Gasteiger charge is 2.47. The zero-order valence-corrected chi connectivity index (χ0v) is 13.8. The van der Waals surface area contributed by atoms with E-state index in [1.807, 2.05) is 59.1 Å². The van der Waals surface area contributed by atoms with Crippen molar-refractivity contribution < 1.29 is 14.3 Å². The van der Waals surface area contributed by atoms with E-state index in [2.05, 4.69) is 5.32 Å². The first-order valence-electron chi connectivity index (χ1n) is 7.96. The molecule has 1 N–H and O–H groups in total. The van der Waals surface area contributed by atoms with Crippen molar-refractivity contribution in [2.75, 3.05) is 28.5 Å². The monoisotopic (exact) mass is 340 g/mol. The Morgan fingerprint density at radius 1 is 1.12 bits per heavy atom. The van der Waals surface area contributed by atoms with E-state index in [0.717, 1.165) is 35.1 Å². The highest BCUT2D eigenvalue weighted by molar-refractivity contribution is 7.99. The van der Waals surface area contributed by atoms with E-state index in [0.29, 0.717) is 11.3 Å². The number of ether oxygens (including phenoxy) is 2. The molecular formula is C18H16N2O3S. The van der Waals surface area contributed by atoms with Gasteiger partial charge in [-0.05, 0) is 36.4 Å². The van der Waals surface area contributed by atoms with Gasteiger partial charge in [0.15, 0.2) is 11.5 Å². The number of anilines is 2. The molecule has 0 aromatic heterocycles. The predicted octanol–water partition coefficient (Wildman–Crippen LogP) is 3.32. The number of para-hydroxylation sites is 1. The number of hydrogen-bond donors (Lipinski definition) is 1. The Balaban J connectivity index is 1.66. The molecule has 5 rings (SSSR count). The van der Waals surface area contributed by atoms with Crippen molar-refractivity contribution in [1.29, 1.82) is 0 Å². The van der Waals surface area contributed by atoms with Crippen LogP contribution in [0.3, 0.4) is 0 Å². The number of carbonyl (C=O) groups excluding carboxylic acids is 1. The van der Waals surface area contributed by atoms with Gasteiger partial charge in [-0.3, -0.25) is 9.69 Å². The molecule has 0 saturated carbocycles. The number of amides is 1. The van der Waals surface area contributed by atoms with E-state index >= 15 is 0 Å². The Morgan fingerprint density at radius 2 is 2.00 bits per heavy atom. The molecule has 1 atom stereocenters. The largest absolute Gasteiger partial charge is 0.454 e. The molecular weight excluding hydrogens is 324 g/mol. The molecule has 122 valence electrons. The molecule has 24 heavy (non-hydrogen) atoms. The number of rotatable bonds is 1. The van der Waals surface area contributed by atoms with Gasteiger partial charge < -0.3 is 14.8 Å². The Labute approximate surface area is 143 Å². The van der Waals surface area contributed by atoms with Gasteiger partial charge in [-0.2, -0.15) is 11.8 Å². The van der Waals surface area contributed by atoms with E-state index in [4.69, 9.17) is 9.47 Å². The molecule has 0 bridgehead atoms. The summed E-state index contributed by atoms with van der Waals surface area (Å²) in [6, 6.07) is 13.4. The highest BCUT2D eigenvalue weighted by Crippen LogP contribution is 2.44. The molecule has 0 radical (unpaired) electrons. The normalized spacial score (nSPS) is 24.2. The Kier molecular flexibility index (Phi) is 2.97. The van der Waals surface area contributed by atoms with Crippen LogP contribution >= 0.6 is 11.8 Å². The van der Waals surface area contributed by atoms with Gasteiger partial charge in [0, 0.05) is 17.5 Å². The molecule has 1 amide bonds. The fraction of sp³-hybridized carbons (Fsp3) is 0.278. The number of benzene rings is 2. The van der Waals surface area contributed by atoms with Gasteiger partial charge in [0.2, 0.25) is 6.79 Å². The average molecular weight is 340 g/mol. The first-order chi connectivity index (χ1) is 11.8. The van der Waals surface area contributed by atoms with Crippen LogP contribution in [0, 0.1) is 0 Å². The number of nitrogens with one attached hydrogen (secondary N) is 1. The van der Waals surface area contributed by atoms with E-state index in [9.17, 15) is 4.79 Å². The standard InChI is InChI=1S/C18H16N2O3S/c21-17-13-3-1-2-4-14(13)19-18(7-8-24-10-18)20(17)12-5-6-15-16(9-12)23-11-22-15/h1-6,9,19H,7-8,10-11H2/t18-/m1/s1. The highest BCUT2D eigenvalue weighted by atomic mass is 32.2. The zero-order valence-electron chi connectivity index (χ0n) is 13.0. The van der Waals surface area contributed by atoms with Crippen LogP contribution in [-0.2, 0) is 0 Å². The van der Waals surface area contributed by atoms with Crippen molar-refractivity contribution >= 4 is 29.0 Å². The first-order valence-corrected chi connectivity index (χ1v) is 9.12. The topological polar surface area (TPSA) is 50.8 Å². The van der Waals surface area contributed by atoms with Crippen LogP contribution in [0.25, 0.3) is 0 Å². The summed E-state index contributed by atoms with van der Waals surface area (Å²) in [5.74, 6) is 3.35. The van der Waals surface area contributed by atoms with Gasteiger partial charge in [0.1, 0.15) is 5.66 Å². The average Bonchev–Trinajstić information content (AvgIpc) is 3.24. The summed E-state index contributed by atoms with van der Waals surface area (Å²) in [6.07, 6.45) is 0.909. The minimum atomic E-state index is -0.385. The van der Waals surface area contributed by atoms with Crippen LogP contribution in [0.5, 0.6) is 11.5 Å². The molecule has 0 unspecified atom stereocenters.